The molecule has 108 valence electrons. The van der Waals surface area contributed by atoms with Crippen molar-refractivity contribution in [2.24, 2.45) is 0 Å². The summed E-state index contributed by atoms with van der Waals surface area (Å²) in [6, 6.07) is 5.76. The Hall–Kier alpha value is -1.07. The van der Waals surface area contributed by atoms with Crippen LogP contribution in [-0.2, 0) is 22.0 Å². The highest BCUT2D eigenvalue weighted by Crippen LogP contribution is 2.31. The molecule has 0 atom stereocenters. The second-order valence-electron chi connectivity index (χ2n) is 5.51. The minimum absolute atomic E-state index is 0.0506. The van der Waals surface area contributed by atoms with Gasteiger partial charge in [-0.05, 0) is 29.5 Å². The van der Waals surface area contributed by atoms with Crippen molar-refractivity contribution in [1.29, 1.82) is 0 Å². The van der Waals surface area contributed by atoms with Crippen LogP contribution < -0.4 is 9.46 Å². The van der Waals surface area contributed by atoms with Gasteiger partial charge in [0.1, 0.15) is 5.75 Å². The monoisotopic (exact) mass is 285 g/mol. The maximum atomic E-state index is 11.4. The summed E-state index contributed by atoms with van der Waals surface area (Å²) in [4.78, 5) is 0. The standard InChI is InChI=1S/C14H23NO3S/c1-6-19(16,17)15-10-11-7-8-13(18-5)12(9-11)14(2,3)4/h7-9,15H,6,10H2,1-5H3. The molecule has 0 saturated carbocycles. The Morgan fingerprint density at radius 2 is 1.89 bits per heavy atom. The molecule has 0 aromatic heterocycles. The fourth-order valence-corrected chi connectivity index (χ4v) is 2.34. The van der Waals surface area contributed by atoms with E-state index in [-0.39, 0.29) is 11.2 Å². The van der Waals surface area contributed by atoms with E-state index < -0.39 is 10.0 Å². The summed E-state index contributed by atoms with van der Waals surface area (Å²) < 4.78 is 30.8. The van der Waals surface area contributed by atoms with Crippen LogP contribution in [0.1, 0.15) is 38.8 Å². The summed E-state index contributed by atoms with van der Waals surface area (Å²) in [6.07, 6.45) is 0. The summed E-state index contributed by atoms with van der Waals surface area (Å²) in [7, 11) is -1.52. The zero-order chi connectivity index (χ0) is 14.7. The maximum Gasteiger partial charge on any atom is 0.211 e. The van der Waals surface area contributed by atoms with Gasteiger partial charge in [0, 0.05) is 6.54 Å². The summed E-state index contributed by atoms with van der Waals surface area (Å²) in [5, 5.41) is 0. The van der Waals surface area contributed by atoms with E-state index in [1.54, 1.807) is 14.0 Å². The first-order valence-electron chi connectivity index (χ1n) is 6.34. The van der Waals surface area contributed by atoms with Gasteiger partial charge in [-0.2, -0.15) is 0 Å². The van der Waals surface area contributed by atoms with Crippen LogP contribution >= 0.6 is 0 Å². The number of sulfonamides is 1. The molecule has 0 bridgehead atoms. The number of hydrogen-bond acceptors (Lipinski definition) is 3. The quantitative estimate of drug-likeness (QED) is 0.904. The zero-order valence-electron chi connectivity index (χ0n) is 12.3. The van der Waals surface area contributed by atoms with Crippen LogP contribution in [0.2, 0.25) is 0 Å². The molecule has 4 nitrogen and oxygen atoms in total. The fourth-order valence-electron chi connectivity index (χ4n) is 1.75. The lowest BCUT2D eigenvalue weighted by Crippen LogP contribution is -2.25. The average molecular weight is 285 g/mol. The van der Waals surface area contributed by atoms with Crippen LogP contribution in [0.25, 0.3) is 0 Å². The van der Waals surface area contributed by atoms with E-state index in [0.29, 0.717) is 6.54 Å². The van der Waals surface area contributed by atoms with Crippen molar-refractivity contribution >= 4 is 10.0 Å². The van der Waals surface area contributed by atoms with Crippen molar-refractivity contribution in [3.8, 4) is 5.75 Å². The molecule has 0 unspecified atom stereocenters. The molecule has 1 aromatic rings. The van der Waals surface area contributed by atoms with Crippen LogP contribution in [-0.4, -0.2) is 21.3 Å². The fraction of sp³-hybridized carbons (Fsp3) is 0.571. The SMILES string of the molecule is CCS(=O)(=O)NCc1ccc(OC)c(C(C)(C)C)c1. The Morgan fingerprint density at radius 1 is 1.26 bits per heavy atom. The van der Waals surface area contributed by atoms with E-state index in [9.17, 15) is 8.42 Å². The van der Waals surface area contributed by atoms with Crippen molar-refractivity contribution in [1.82, 2.24) is 4.72 Å². The summed E-state index contributed by atoms with van der Waals surface area (Å²) in [5.41, 5.74) is 1.95. The highest BCUT2D eigenvalue weighted by Gasteiger charge is 2.19. The third-order valence-electron chi connectivity index (χ3n) is 2.95. The van der Waals surface area contributed by atoms with Crippen LogP contribution in [0, 0.1) is 0 Å². The minimum Gasteiger partial charge on any atom is -0.496 e. The van der Waals surface area contributed by atoms with Gasteiger partial charge in [0.25, 0.3) is 0 Å². The number of methoxy groups -OCH3 is 1. The molecule has 0 amide bonds. The van der Waals surface area contributed by atoms with E-state index in [1.807, 2.05) is 18.2 Å². The van der Waals surface area contributed by atoms with E-state index in [0.717, 1.165) is 16.9 Å². The van der Waals surface area contributed by atoms with Crippen molar-refractivity contribution in [2.75, 3.05) is 12.9 Å². The maximum absolute atomic E-state index is 11.4. The summed E-state index contributed by atoms with van der Waals surface area (Å²) in [6.45, 7) is 8.24. The number of ether oxygens (including phenoxy) is 1. The number of benzene rings is 1. The number of nitrogens with one attached hydrogen (secondary N) is 1. The van der Waals surface area contributed by atoms with Gasteiger partial charge in [-0.3, -0.25) is 0 Å². The van der Waals surface area contributed by atoms with Gasteiger partial charge >= 0.3 is 0 Å². The molecule has 0 aliphatic carbocycles. The molecule has 1 rings (SSSR count). The molecule has 0 aliphatic heterocycles. The number of rotatable bonds is 5. The predicted octanol–water partition coefficient (Wildman–Crippen LogP) is 2.43. The van der Waals surface area contributed by atoms with Gasteiger partial charge < -0.3 is 4.74 Å². The lowest BCUT2D eigenvalue weighted by molar-refractivity contribution is 0.397. The first-order valence-corrected chi connectivity index (χ1v) is 7.99. The summed E-state index contributed by atoms with van der Waals surface area (Å²) >= 11 is 0. The molecule has 0 heterocycles. The zero-order valence-corrected chi connectivity index (χ0v) is 13.1. The summed E-state index contributed by atoms with van der Waals surface area (Å²) in [5.74, 6) is 0.921. The van der Waals surface area contributed by atoms with E-state index in [4.69, 9.17) is 4.74 Å². The Bertz CT molecular complexity index is 530. The van der Waals surface area contributed by atoms with Gasteiger partial charge in [0.15, 0.2) is 0 Å². The molecule has 0 saturated heterocycles. The third kappa shape index (κ3) is 4.51. The van der Waals surface area contributed by atoms with Crippen LogP contribution in [0.4, 0.5) is 0 Å². The average Bonchev–Trinajstić information content (AvgIpc) is 2.35. The van der Waals surface area contributed by atoms with E-state index in [2.05, 4.69) is 25.5 Å². The first-order chi connectivity index (χ1) is 8.69. The molecule has 5 heteroatoms. The van der Waals surface area contributed by atoms with Crippen LogP contribution in [0.3, 0.4) is 0 Å². The van der Waals surface area contributed by atoms with Gasteiger partial charge in [-0.25, -0.2) is 13.1 Å². The second-order valence-corrected chi connectivity index (χ2v) is 7.60. The van der Waals surface area contributed by atoms with Gasteiger partial charge in [0.05, 0.1) is 12.9 Å². The van der Waals surface area contributed by atoms with Crippen molar-refractivity contribution in [2.45, 2.75) is 39.7 Å². The largest absolute Gasteiger partial charge is 0.496 e. The second kappa shape index (κ2) is 5.92. The normalized spacial score (nSPS) is 12.5. The molecule has 1 N–H and O–H groups in total. The van der Waals surface area contributed by atoms with Gasteiger partial charge in [-0.1, -0.05) is 32.9 Å². The minimum atomic E-state index is -3.16. The lowest BCUT2D eigenvalue weighted by atomic mass is 9.85. The molecule has 0 radical (unpaired) electrons. The molecule has 19 heavy (non-hydrogen) atoms. The van der Waals surface area contributed by atoms with Gasteiger partial charge in [-0.15, -0.1) is 0 Å². The Balaban J connectivity index is 3.00. The highest BCUT2D eigenvalue weighted by atomic mass is 32.2. The van der Waals surface area contributed by atoms with E-state index >= 15 is 0 Å². The van der Waals surface area contributed by atoms with Crippen molar-refractivity contribution in [3.05, 3.63) is 29.3 Å². The molecule has 0 spiro atoms. The Morgan fingerprint density at radius 3 is 2.37 bits per heavy atom. The molecule has 1 aromatic carbocycles. The predicted molar refractivity (Wildman–Crippen MR) is 78.0 cm³/mol. The van der Waals surface area contributed by atoms with Crippen LogP contribution in [0.5, 0.6) is 5.75 Å². The lowest BCUT2D eigenvalue weighted by Gasteiger charge is -2.23. The highest BCUT2D eigenvalue weighted by molar-refractivity contribution is 7.89. The van der Waals surface area contributed by atoms with E-state index in [1.165, 1.54) is 0 Å². The van der Waals surface area contributed by atoms with Crippen molar-refractivity contribution < 1.29 is 13.2 Å². The number of hydrogen-bond donors (Lipinski definition) is 1. The topological polar surface area (TPSA) is 55.4 Å². The van der Waals surface area contributed by atoms with Crippen LogP contribution in [0.15, 0.2) is 18.2 Å². The smallest absolute Gasteiger partial charge is 0.211 e. The molecular weight excluding hydrogens is 262 g/mol. The van der Waals surface area contributed by atoms with Crippen molar-refractivity contribution in [3.63, 3.8) is 0 Å². The molecule has 0 fully saturated rings. The first kappa shape index (κ1) is 16.0. The molecule has 0 aliphatic rings. The Kier molecular flexibility index (Phi) is 4.98. The molecular formula is C14H23NO3S. The third-order valence-corrected chi connectivity index (χ3v) is 4.29. The Labute approximate surface area is 116 Å². The van der Waals surface area contributed by atoms with Gasteiger partial charge in [0.2, 0.25) is 10.0 Å².